The smallest absolute Gasteiger partial charge is 0.336 e. The Labute approximate surface area is 119 Å². The van der Waals surface area contributed by atoms with E-state index in [1.54, 1.807) is 0 Å². The van der Waals surface area contributed by atoms with Crippen LogP contribution in [0.15, 0.2) is 42.0 Å². The number of hydrogen-bond acceptors (Lipinski definition) is 3. The molecule has 0 N–H and O–H groups in total. The molecule has 0 bridgehead atoms. The monoisotopic (exact) mass is 272 g/mol. The number of esters is 1. The van der Waals surface area contributed by atoms with Crippen LogP contribution in [0.4, 0.5) is 0 Å². The molecule has 0 heterocycles. The van der Waals surface area contributed by atoms with Crippen LogP contribution in [0.1, 0.15) is 31.7 Å². The Morgan fingerprint density at radius 1 is 1.35 bits per heavy atom. The van der Waals surface area contributed by atoms with Gasteiger partial charge >= 0.3 is 5.97 Å². The minimum Gasteiger partial charge on any atom is -0.463 e. The van der Waals surface area contributed by atoms with Crippen LogP contribution in [0, 0.1) is 5.92 Å². The molecule has 2 aliphatic carbocycles. The molecular weight excluding hydrogens is 252 g/mol. The van der Waals surface area contributed by atoms with Crippen LogP contribution in [-0.4, -0.2) is 18.2 Å². The van der Waals surface area contributed by atoms with Crippen molar-refractivity contribution in [1.29, 1.82) is 0 Å². The van der Waals surface area contributed by atoms with Crippen LogP contribution in [0.3, 0.4) is 0 Å². The number of carbonyl (C=O) groups is 1. The van der Waals surface area contributed by atoms with Gasteiger partial charge in [0.05, 0.1) is 18.8 Å². The second kappa shape index (κ2) is 5.41. The molecule has 1 aromatic carbocycles. The van der Waals surface area contributed by atoms with E-state index in [0.29, 0.717) is 19.1 Å². The van der Waals surface area contributed by atoms with Gasteiger partial charge in [-0.1, -0.05) is 36.4 Å². The van der Waals surface area contributed by atoms with Gasteiger partial charge in [0.2, 0.25) is 0 Å². The zero-order valence-corrected chi connectivity index (χ0v) is 11.8. The summed E-state index contributed by atoms with van der Waals surface area (Å²) in [7, 11) is 0. The van der Waals surface area contributed by atoms with Gasteiger partial charge in [-0.2, -0.15) is 0 Å². The fourth-order valence-corrected chi connectivity index (χ4v) is 3.29. The van der Waals surface area contributed by atoms with Crippen molar-refractivity contribution in [1.82, 2.24) is 0 Å². The maximum absolute atomic E-state index is 12.0. The largest absolute Gasteiger partial charge is 0.463 e. The first-order chi connectivity index (χ1) is 9.76. The molecule has 3 nitrogen and oxygen atoms in total. The summed E-state index contributed by atoms with van der Waals surface area (Å²) in [6.07, 6.45) is 5.18. The molecule has 0 amide bonds. The van der Waals surface area contributed by atoms with Gasteiger partial charge < -0.3 is 9.47 Å². The molecule has 2 aliphatic rings. The van der Waals surface area contributed by atoms with E-state index in [0.717, 1.165) is 30.4 Å². The molecule has 0 saturated heterocycles. The Morgan fingerprint density at radius 2 is 2.15 bits per heavy atom. The third kappa shape index (κ3) is 2.16. The number of ether oxygens (including phenoxy) is 2. The summed E-state index contributed by atoms with van der Waals surface area (Å²) in [6.45, 7) is 2.80. The van der Waals surface area contributed by atoms with Crippen molar-refractivity contribution in [3.05, 3.63) is 47.5 Å². The molecule has 1 saturated carbocycles. The highest BCUT2D eigenvalue weighted by molar-refractivity contribution is 5.93. The zero-order valence-electron chi connectivity index (χ0n) is 11.8. The minimum atomic E-state index is -0.387. The summed E-state index contributed by atoms with van der Waals surface area (Å²) in [6, 6.07) is 10.1. The third-order valence-electron chi connectivity index (χ3n) is 4.32. The number of rotatable bonds is 5. The molecular formula is C17H20O3. The highest BCUT2D eigenvalue weighted by Crippen LogP contribution is 2.53. The van der Waals surface area contributed by atoms with Gasteiger partial charge in [-0.15, -0.1) is 0 Å². The second-order valence-corrected chi connectivity index (χ2v) is 5.46. The minimum absolute atomic E-state index is 0.210. The van der Waals surface area contributed by atoms with Gasteiger partial charge in [-0.3, -0.25) is 0 Å². The van der Waals surface area contributed by atoms with Gasteiger partial charge in [0.15, 0.2) is 0 Å². The summed E-state index contributed by atoms with van der Waals surface area (Å²) in [5, 5.41) is 0. The molecule has 20 heavy (non-hydrogen) atoms. The van der Waals surface area contributed by atoms with Gasteiger partial charge in [0, 0.05) is 5.92 Å². The summed E-state index contributed by atoms with van der Waals surface area (Å²) in [4.78, 5) is 12.0. The number of hydrogen-bond donors (Lipinski definition) is 0. The number of fused-ring (bicyclic) bond motifs is 1. The van der Waals surface area contributed by atoms with Crippen molar-refractivity contribution < 1.29 is 14.3 Å². The van der Waals surface area contributed by atoms with E-state index in [-0.39, 0.29) is 11.6 Å². The van der Waals surface area contributed by atoms with Gasteiger partial charge in [0.25, 0.3) is 0 Å². The summed E-state index contributed by atoms with van der Waals surface area (Å²) in [5.41, 5.74) is 1.49. The van der Waals surface area contributed by atoms with E-state index >= 15 is 0 Å². The van der Waals surface area contributed by atoms with Crippen LogP contribution < -0.4 is 0 Å². The van der Waals surface area contributed by atoms with E-state index in [2.05, 4.69) is 0 Å². The second-order valence-electron chi connectivity index (χ2n) is 5.46. The van der Waals surface area contributed by atoms with Gasteiger partial charge in [0.1, 0.15) is 5.60 Å². The Bertz CT molecular complexity index is 520. The first-order valence-electron chi connectivity index (χ1n) is 7.33. The van der Waals surface area contributed by atoms with Crippen LogP contribution in [0.25, 0.3) is 0 Å². The molecule has 2 atom stereocenters. The zero-order chi connectivity index (χ0) is 14.0. The van der Waals surface area contributed by atoms with Crippen molar-refractivity contribution in [2.45, 2.75) is 38.4 Å². The lowest BCUT2D eigenvalue weighted by Gasteiger charge is -2.43. The van der Waals surface area contributed by atoms with E-state index in [1.807, 2.05) is 43.3 Å². The van der Waals surface area contributed by atoms with E-state index in [4.69, 9.17) is 9.47 Å². The first-order valence-corrected chi connectivity index (χ1v) is 7.33. The average Bonchev–Trinajstić information content (AvgIpc) is 2.76. The van der Waals surface area contributed by atoms with Gasteiger partial charge in [-0.05, 0) is 31.7 Å². The van der Waals surface area contributed by atoms with E-state index in [1.165, 1.54) is 0 Å². The summed E-state index contributed by atoms with van der Waals surface area (Å²) >= 11 is 0. The highest BCUT2D eigenvalue weighted by Gasteiger charge is 2.55. The van der Waals surface area contributed by atoms with E-state index in [9.17, 15) is 4.79 Å². The molecule has 106 valence electrons. The lowest BCUT2D eigenvalue weighted by atomic mass is 9.72. The van der Waals surface area contributed by atoms with Crippen LogP contribution >= 0.6 is 0 Å². The molecule has 3 rings (SSSR count). The van der Waals surface area contributed by atoms with Crippen LogP contribution in [0.2, 0.25) is 0 Å². The Balaban J connectivity index is 1.72. The molecule has 1 aromatic rings. The van der Waals surface area contributed by atoms with Crippen LogP contribution in [-0.2, 0) is 20.9 Å². The quantitative estimate of drug-likeness (QED) is 0.772. The Kier molecular flexibility index (Phi) is 3.62. The summed E-state index contributed by atoms with van der Waals surface area (Å²) in [5.74, 6) is 0.171. The van der Waals surface area contributed by atoms with E-state index < -0.39 is 0 Å². The standard InChI is InChI=1S/C17H20O3/c1-2-19-16(18)15-11-14-9-6-10-17(14,15)20-12-13-7-4-3-5-8-13/h3-5,7-8,11,14H,2,6,9-10,12H2,1H3/t14-,17+/m0/s1. The number of carbonyl (C=O) groups excluding carboxylic acids is 1. The third-order valence-corrected chi connectivity index (χ3v) is 4.32. The maximum Gasteiger partial charge on any atom is 0.336 e. The fourth-order valence-electron chi connectivity index (χ4n) is 3.29. The molecule has 0 spiro atoms. The van der Waals surface area contributed by atoms with Crippen molar-refractivity contribution in [3.8, 4) is 0 Å². The Hall–Kier alpha value is -1.61. The fraction of sp³-hybridized carbons (Fsp3) is 0.471. The van der Waals surface area contributed by atoms with Crippen molar-refractivity contribution in [2.24, 2.45) is 5.92 Å². The lowest BCUT2D eigenvalue weighted by Crippen LogP contribution is -2.48. The topological polar surface area (TPSA) is 35.5 Å². The highest BCUT2D eigenvalue weighted by atomic mass is 16.5. The molecule has 0 unspecified atom stereocenters. The summed E-state index contributed by atoms with van der Waals surface area (Å²) < 4.78 is 11.3. The first kappa shape index (κ1) is 13.4. The Morgan fingerprint density at radius 3 is 2.85 bits per heavy atom. The number of benzene rings is 1. The molecule has 0 aromatic heterocycles. The predicted octanol–water partition coefficient (Wildman–Crippen LogP) is 3.25. The SMILES string of the molecule is CCOC(=O)C1=C[C@@H]2CCC[C@]12OCc1ccccc1. The average molecular weight is 272 g/mol. The van der Waals surface area contributed by atoms with Crippen molar-refractivity contribution in [3.63, 3.8) is 0 Å². The maximum atomic E-state index is 12.0. The van der Waals surface area contributed by atoms with Crippen LogP contribution in [0.5, 0.6) is 0 Å². The lowest BCUT2D eigenvalue weighted by molar-refractivity contribution is -0.146. The molecule has 0 radical (unpaired) electrons. The van der Waals surface area contributed by atoms with Crippen molar-refractivity contribution in [2.75, 3.05) is 6.61 Å². The molecule has 1 fully saturated rings. The molecule has 3 heteroatoms. The van der Waals surface area contributed by atoms with Crippen molar-refractivity contribution >= 4 is 5.97 Å². The normalized spacial score (nSPS) is 27.4. The van der Waals surface area contributed by atoms with Gasteiger partial charge in [-0.25, -0.2) is 4.79 Å². The predicted molar refractivity (Wildman–Crippen MR) is 76.0 cm³/mol. The molecule has 0 aliphatic heterocycles.